The van der Waals surface area contributed by atoms with E-state index >= 15 is 0 Å². The zero-order valence-corrected chi connectivity index (χ0v) is 8.92. The summed E-state index contributed by atoms with van der Waals surface area (Å²) in [6.45, 7) is 3.86. The van der Waals surface area contributed by atoms with Gasteiger partial charge < -0.3 is 10.1 Å². The summed E-state index contributed by atoms with van der Waals surface area (Å²) in [4.78, 5) is 22.8. The SMILES string of the molecule is CCC(C)C(=O)C1(NC(=O)OC)CC1. The molecule has 0 aromatic heterocycles. The molecule has 4 nitrogen and oxygen atoms in total. The standard InChI is InChI=1S/C10H17NO3/c1-4-7(2)8(12)10(5-6-10)11-9(13)14-3/h7H,4-6H2,1-3H3,(H,11,13). The monoisotopic (exact) mass is 199 g/mol. The normalized spacial score (nSPS) is 19.6. The van der Waals surface area contributed by atoms with Crippen LogP contribution < -0.4 is 5.32 Å². The maximum atomic E-state index is 11.8. The number of ether oxygens (including phenoxy) is 1. The van der Waals surface area contributed by atoms with Crippen LogP contribution in [-0.2, 0) is 9.53 Å². The Kier molecular flexibility index (Phi) is 3.13. The molecule has 1 amide bonds. The van der Waals surface area contributed by atoms with Crippen LogP contribution in [0.2, 0.25) is 0 Å². The zero-order valence-electron chi connectivity index (χ0n) is 8.92. The maximum absolute atomic E-state index is 11.8. The van der Waals surface area contributed by atoms with Gasteiger partial charge in [-0.1, -0.05) is 13.8 Å². The summed E-state index contributed by atoms with van der Waals surface area (Å²) >= 11 is 0. The molecule has 0 saturated heterocycles. The van der Waals surface area contributed by atoms with Gasteiger partial charge in [-0.3, -0.25) is 4.79 Å². The Hall–Kier alpha value is -1.06. The molecule has 1 N–H and O–H groups in total. The molecule has 0 radical (unpaired) electrons. The van der Waals surface area contributed by atoms with E-state index in [-0.39, 0.29) is 11.7 Å². The molecular formula is C10H17NO3. The second-order valence-corrected chi connectivity index (χ2v) is 3.87. The highest BCUT2D eigenvalue weighted by Gasteiger charge is 2.52. The number of nitrogens with one attached hydrogen (secondary N) is 1. The minimum atomic E-state index is -0.609. The van der Waals surface area contributed by atoms with Crippen molar-refractivity contribution in [3.05, 3.63) is 0 Å². The molecular weight excluding hydrogens is 182 g/mol. The van der Waals surface area contributed by atoms with Crippen LogP contribution in [0.5, 0.6) is 0 Å². The van der Waals surface area contributed by atoms with Crippen molar-refractivity contribution in [2.45, 2.75) is 38.6 Å². The van der Waals surface area contributed by atoms with E-state index in [0.717, 1.165) is 19.3 Å². The van der Waals surface area contributed by atoms with Crippen LogP contribution in [0.25, 0.3) is 0 Å². The number of Topliss-reactive ketones (excluding diaryl/α,β-unsaturated/α-hetero) is 1. The van der Waals surface area contributed by atoms with Crippen molar-refractivity contribution in [3.8, 4) is 0 Å². The van der Waals surface area contributed by atoms with Crippen molar-refractivity contribution in [2.24, 2.45) is 5.92 Å². The molecule has 0 aliphatic heterocycles. The molecule has 4 heteroatoms. The van der Waals surface area contributed by atoms with Crippen LogP contribution in [0.4, 0.5) is 4.79 Å². The first-order valence-corrected chi connectivity index (χ1v) is 4.96. The van der Waals surface area contributed by atoms with Gasteiger partial charge in [-0.15, -0.1) is 0 Å². The lowest BCUT2D eigenvalue weighted by molar-refractivity contribution is -0.125. The summed E-state index contributed by atoms with van der Waals surface area (Å²) in [5.74, 6) is 0.139. The van der Waals surface area contributed by atoms with Crippen molar-refractivity contribution < 1.29 is 14.3 Å². The molecule has 80 valence electrons. The van der Waals surface area contributed by atoms with Gasteiger partial charge >= 0.3 is 6.09 Å². The van der Waals surface area contributed by atoms with Crippen LogP contribution in [0.1, 0.15) is 33.1 Å². The molecule has 0 spiro atoms. The van der Waals surface area contributed by atoms with E-state index in [0.29, 0.717) is 0 Å². The van der Waals surface area contributed by atoms with E-state index < -0.39 is 11.6 Å². The van der Waals surface area contributed by atoms with Crippen molar-refractivity contribution in [1.82, 2.24) is 5.32 Å². The zero-order chi connectivity index (χ0) is 10.8. The number of rotatable bonds is 4. The van der Waals surface area contributed by atoms with Gasteiger partial charge in [-0.2, -0.15) is 0 Å². The highest BCUT2D eigenvalue weighted by atomic mass is 16.5. The fourth-order valence-corrected chi connectivity index (χ4v) is 1.46. The smallest absolute Gasteiger partial charge is 0.407 e. The van der Waals surface area contributed by atoms with Crippen molar-refractivity contribution >= 4 is 11.9 Å². The van der Waals surface area contributed by atoms with Gasteiger partial charge in [0.25, 0.3) is 0 Å². The molecule has 0 heterocycles. The number of ketones is 1. The summed E-state index contributed by atoms with van der Waals surface area (Å²) in [5.41, 5.74) is -0.609. The molecule has 0 bridgehead atoms. The van der Waals surface area contributed by atoms with Crippen LogP contribution >= 0.6 is 0 Å². The molecule has 1 atom stereocenters. The average Bonchev–Trinajstić information content (AvgIpc) is 2.96. The summed E-state index contributed by atoms with van der Waals surface area (Å²) in [7, 11) is 1.30. The van der Waals surface area contributed by atoms with Gasteiger partial charge in [-0.25, -0.2) is 4.79 Å². The first kappa shape index (κ1) is 11.0. The second-order valence-electron chi connectivity index (χ2n) is 3.87. The molecule has 1 rings (SSSR count). The number of carbonyl (C=O) groups excluding carboxylic acids is 2. The Morgan fingerprint density at radius 2 is 2.07 bits per heavy atom. The quantitative estimate of drug-likeness (QED) is 0.746. The van der Waals surface area contributed by atoms with Gasteiger partial charge in [0.2, 0.25) is 0 Å². The van der Waals surface area contributed by atoms with Gasteiger partial charge in [0.05, 0.1) is 7.11 Å². The fraction of sp³-hybridized carbons (Fsp3) is 0.800. The van der Waals surface area contributed by atoms with Crippen LogP contribution in [0.15, 0.2) is 0 Å². The largest absolute Gasteiger partial charge is 0.453 e. The third-order valence-electron chi connectivity index (χ3n) is 2.81. The molecule has 0 aromatic carbocycles. The average molecular weight is 199 g/mol. The molecule has 1 unspecified atom stereocenters. The van der Waals surface area contributed by atoms with Crippen molar-refractivity contribution in [1.29, 1.82) is 0 Å². The Balaban J connectivity index is 2.57. The number of hydrogen-bond acceptors (Lipinski definition) is 3. The summed E-state index contributed by atoms with van der Waals surface area (Å²) in [6.07, 6.45) is 1.78. The third-order valence-corrected chi connectivity index (χ3v) is 2.81. The summed E-state index contributed by atoms with van der Waals surface area (Å²) < 4.78 is 4.49. The number of carbonyl (C=O) groups is 2. The Morgan fingerprint density at radius 1 is 1.50 bits per heavy atom. The van der Waals surface area contributed by atoms with E-state index in [2.05, 4.69) is 10.1 Å². The fourth-order valence-electron chi connectivity index (χ4n) is 1.46. The topological polar surface area (TPSA) is 55.4 Å². The minimum Gasteiger partial charge on any atom is -0.453 e. The van der Waals surface area contributed by atoms with Crippen LogP contribution in [0.3, 0.4) is 0 Å². The van der Waals surface area contributed by atoms with Crippen molar-refractivity contribution in [3.63, 3.8) is 0 Å². The van der Waals surface area contributed by atoms with Crippen LogP contribution in [0, 0.1) is 5.92 Å². The van der Waals surface area contributed by atoms with Gasteiger partial charge in [0.15, 0.2) is 5.78 Å². The predicted octanol–water partition coefficient (Wildman–Crippen LogP) is 1.49. The second kappa shape index (κ2) is 3.98. The van der Waals surface area contributed by atoms with E-state index in [1.54, 1.807) is 0 Å². The van der Waals surface area contributed by atoms with Gasteiger partial charge in [-0.05, 0) is 19.3 Å². The third kappa shape index (κ3) is 2.05. The number of amides is 1. The molecule has 1 aliphatic carbocycles. The lowest BCUT2D eigenvalue weighted by Gasteiger charge is -2.18. The Bertz CT molecular complexity index is 246. The first-order chi connectivity index (χ1) is 6.55. The molecule has 1 fully saturated rings. The summed E-state index contributed by atoms with van der Waals surface area (Å²) in [5, 5.41) is 2.62. The minimum absolute atomic E-state index is 0.00894. The highest BCUT2D eigenvalue weighted by Crippen LogP contribution is 2.38. The molecule has 1 saturated carbocycles. The number of methoxy groups -OCH3 is 1. The van der Waals surface area contributed by atoms with E-state index in [1.165, 1.54) is 7.11 Å². The molecule has 0 aromatic rings. The highest BCUT2D eigenvalue weighted by molar-refractivity contribution is 5.95. The molecule has 14 heavy (non-hydrogen) atoms. The van der Waals surface area contributed by atoms with E-state index in [4.69, 9.17) is 0 Å². The lowest BCUT2D eigenvalue weighted by Crippen LogP contribution is -2.45. The van der Waals surface area contributed by atoms with Crippen molar-refractivity contribution in [2.75, 3.05) is 7.11 Å². The van der Waals surface area contributed by atoms with Crippen LogP contribution in [-0.4, -0.2) is 24.5 Å². The molecule has 1 aliphatic rings. The van der Waals surface area contributed by atoms with E-state index in [9.17, 15) is 9.59 Å². The Morgan fingerprint density at radius 3 is 2.43 bits per heavy atom. The maximum Gasteiger partial charge on any atom is 0.407 e. The lowest BCUT2D eigenvalue weighted by atomic mass is 9.96. The predicted molar refractivity (Wildman–Crippen MR) is 52.0 cm³/mol. The first-order valence-electron chi connectivity index (χ1n) is 4.96. The number of hydrogen-bond donors (Lipinski definition) is 1. The Labute approximate surface area is 84.0 Å². The van der Waals surface area contributed by atoms with E-state index in [1.807, 2.05) is 13.8 Å². The van der Waals surface area contributed by atoms with Gasteiger partial charge in [0, 0.05) is 5.92 Å². The van der Waals surface area contributed by atoms with Gasteiger partial charge in [0.1, 0.15) is 5.54 Å². The summed E-state index contributed by atoms with van der Waals surface area (Å²) in [6, 6.07) is 0. The number of alkyl carbamates (subject to hydrolysis) is 1.